The van der Waals surface area contributed by atoms with Crippen molar-refractivity contribution < 1.29 is 4.79 Å². The first-order valence-electron chi connectivity index (χ1n) is 7.03. The molecular weight excluding hydrogens is 296 g/mol. The van der Waals surface area contributed by atoms with Gasteiger partial charge in [0, 0.05) is 30.5 Å². The van der Waals surface area contributed by atoms with Gasteiger partial charge in [0.05, 0.1) is 15.2 Å². The number of carbonyl (C=O) groups excluding carboxylic acids is 1. The summed E-state index contributed by atoms with van der Waals surface area (Å²) in [7, 11) is 0. The van der Waals surface area contributed by atoms with Crippen LogP contribution < -0.4 is 10.6 Å². The average Bonchev–Trinajstić information content (AvgIpc) is 2.98. The predicted octanol–water partition coefficient (Wildman–Crippen LogP) is 3.62. The minimum atomic E-state index is -0.223. The minimum absolute atomic E-state index is 0.167. The van der Waals surface area contributed by atoms with E-state index in [0.29, 0.717) is 6.54 Å². The van der Waals surface area contributed by atoms with Gasteiger partial charge >= 0.3 is 6.03 Å². The fraction of sp³-hybridized carbons (Fsp3) is 0.188. The molecule has 0 aliphatic rings. The van der Waals surface area contributed by atoms with E-state index in [1.807, 2.05) is 18.2 Å². The number of aromatic nitrogens is 2. The number of benzene rings is 1. The molecule has 3 aromatic rings. The zero-order valence-corrected chi connectivity index (χ0v) is 12.9. The third-order valence-electron chi connectivity index (χ3n) is 3.24. The van der Waals surface area contributed by atoms with Crippen LogP contribution in [0.4, 0.5) is 10.5 Å². The lowest BCUT2D eigenvalue weighted by molar-refractivity contribution is 0.251. The summed E-state index contributed by atoms with van der Waals surface area (Å²) in [5.74, 6) is 0.167. The molecule has 3 rings (SSSR count). The van der Waals surface area contributed by atoms with Gasteiger partial charge < -0.3 is 10.6 Å². The highest BCUT2D eigenvalue weighted by Gasteiger charge is 2.12. The first kappa shape index (κ1) is 14.5. The number of anilines is 1. The molecular formula is C16H16N4OS. The Bertz CT molecular complexity index is 739. The van der Waals surface area contributed by atoms with Crippen LogP contribution in [0.25, 0.3) is 10.2 Å². The number of amides is 2. The van der Waals surface area contributed by atoms with Crippen LogP contribution in [-0.2, 0) is 0 Å². The third kappa shape index (κ3) is 3.40. The van der Waals surface area contributed by atoms with E-state index in [2.05, 4.69) is 33.6 Å². The molecule has 1 aromatic carbocycles. The molecule has 22 heavy (non-hydrogen) atoms. The first-order valence-corrected chi connectivity index (χ1v) is 7.84. The summed E-state index contributed by atoms with van der Waals surface area (Å²) in [6, 6.07) is 11.3. The Hall–Kier alpha value is -2.47. The van der Waals surface area contributed by atoms with Crippen molar-refractivity contribution in [2.75, 3.05) is 11.9 Å². The lowest BCUT2D eigenvalue weighted by atomic mass is 10.2. The van der Waals surface area contributed by atoms with Crippen molar-refractivity contribution in [1.29, 1.82) is 0 Å². The van der Waals surface area contributed by atoms with E-state index < -0.39 is 0 Å². The van der Waals surface area contributed by atoms with Crippen molar-refractivity contribution in [1.82, 2.24) is 15.3 Å². The Morgan fingerprint density at radius 3 is 2.77 bits per heavy atom. The summed E-state index contributed by atoms with van der Waals surface area (Å²) in [5, 5.41) is 6.67. The predicted molar refractivity (Wildman–Crippen MR) is 89.3 cm³/mol. The van der Waals surface area contributed by atoms with Crippen molar-refractivity contribution in [2.24, 2.45) is 0 Å². The quantitative estimate of drug-likeness (QED) is 0.773. The highest BCUT2D eigenvalue weighted by molar-refractivity contribution is 7.18. The Morgan fingerprint density at radius 1 is 1.23 bits per heavy atom. The zero-order valence-electron chi connectivity index (χ0n) is 12.1. The van der Waals surface area contributed by atoms with Crippen LogP contribution in [0.1, 0.15) is 17.8 Å². The molecule has 2 amide bonds. The molecule has 5 nitrogen and oxygen atoms in total. The van der Waals surface area contributed by atoms with E-state index in [-0.39, 0.29) is 11.9 Å². The number of nitrogens with one attached hydrogen (secondary N) is 2. The van der Waals surface area contributed by atoms with Crippen molar-refractivity contribution in [3.05, 3.63) is 53.8 Å². The minimum Gasteiger partial charge on any atom is -0.337 e. The van der Waals surface area contributed by atoms with E-state index in [9.17, 15) is 4.79 Å². The Balaban J connectivity index is 1.57. The van der Waals surface area contributed by atoms with Crippen molar-refractivity contribution in [3.63, 3.8) is 0 Å². The Labute approximate surface area is 132 Å². The van der Waals surface area contributed by atoms with Crippen LogP contribution in [0, 0.1) is 0 Å². The van der Waals surface area contributed by atoms with E-state index in [1.165, 1.54) is 4.70 Å². The molecule has 2 aromatic heterocycles. The molecule has 1 unspecified atom stereocenters. The van der Waals surface area contributed by atoms with Crippen molar-refractivity contribution in [3.8, 4) is 0 Å². The molecule has 112 valence electrons. The summed E-state index contributed by atoms with van der Waals surface area (Å²) in [6.07, 6.45) is 3.28. The zero-order chi connectivity index (χ0) is 15.4. The van der Waals surface area contributed by atoms with Gasteiger partial charge in [0.1, 0.15) is 0 Å². The van der Waals surface area contributed by atoms with E-state index in [0.717, 1.165) is 16.2 Å². The molecule has 0 bridgehead atoms. The molecule has 0 saturated carbocycles. The number of hydrogen-bond donors (Lipinski definition) is 2. The van der Waals surface area contributed by atoms with Crippen LogP contribution in [0.3, 0.4) is 0 Å². The number of fused-ring (bicyclic) bond motifs is 1. The standard InChI is InChI=1S/C16H16N4OS/c1-11(15-20-13-4-2-3-5-14(13)22-15)10-18-16(21)19-12-6-8-17-9-7-12/h2-9,11H,10H2,1H3,(H2,17,18,19,21). The maximum absolute atomic E-state index is 11.9. The van der Waals surface area contributed by atoms with Gasteiger partial charge in [0.2, 0.25) is 0 Å². The SMILES string of the molecule is CC(CNC(=O)Nc1ccncc1)c1nc2ccccc2s1. The maximum Gasteiger partial charge on any atom is 0.319 e. The molecule has 6 heteroatoms. The number of urea groups is 1. The lowest BCUT2D eigenvalue weighted by Gasteiger charge is -2.11. The van der Waals surface area contributed by atoms with E-state index in [1.54, 1.807) is 35.9 Å². The molecule has 0 aliphatic heterocycles. The Morgan fingerprint density at radius 2 is 2.00 bits per heavy atom. The second-order valence-electron chi connectivity index (χ2n) is 4.99. The number of pyridine rings is 1. The largest absolute Gasteiger partial charge is 0.337 e. The molecule has 0 radical (unpaired) electrons. The number of hydrogen-bond acceptors (Lipinski definition) is 4. The normalized spacial score (nSPS) is 12.0. The number of rotatable bonds is 4. The van der Waals surface area contributed by atoms with Gasteiger partial charge in [0.25, 0.3) is 0 Å². The number of thiazole rings is 1. The topological polar surface area (TPSA) is 66.9 Å². The smallest absolute Gasteiger partial charge is 0.319 e. The molecule has 1 atom stereocenters. The first-order chi connectivity index (χ1) is 10.7. The van der Waals surface area contributed by atoms with Crippen LogP contribution in [0.15, 0.2) is 48.8 Å². The summed E-state index contributed by atoms with van der Waals surface area (Å²) in [4.78, 5) is 20.4. The van der Waals surface area contributed by atoms with Crippen molar-refractivity contribution >= 4 is 33.3 Å². The molecule has 2 N–H and O–H groups in total. The van der Waals surface area contributed by atoms with E-state index >= 15 is 0 Å². The summed E-state index contributed by atoms with van der Waals surface area (Å²) in [6.45, 7) is 2.60. The fourth-order valence-electron chi connectivity index (χ4n) is 2.04. The molecule has 0 spiro atoms. The summed E-state index contributed by atoms with van der Waals surface area (Å²) >= 11 is 1.67. The van der Waals surface area contributed by atoms with Crippen LogP contribution in [0.5, 0.6) is 0 Å². The van der Waals surface area contributed by atoms with E-state index in [4.69, 9.17) is 0 Å². The second kappa shape index (κ2) is 6.53. The van der Waals surface area contributed by atoms with Crippen LogP contribution >= 0.6 is 11.3 Å². The highest BCUT2D eigenvalue weighted by Crippen LogP contribution is 2.26. The summed E-state index contributed by atoms with van der Waals surface area (Å²) in [5.41, 5.74) is 1.73. The molecule has 0 aliphatic carbocycles. The third-order valence-corrected chi connectivity index (χ3v) is 4.51. The fourth-order valence-corrected chi connectivity index (χ4v) is 3.06. The van der Waals surface area contributed by atoms with Crippen molar-refractivity contribution in [2.45, 2.75) is 12.8 Å². The average molecular weight is 312 g/mol. The van der Waals surface area contributed by atoms with Gasteiger partial charge in [-0.25, -0.2) is 9.78 Å². The van der Waals surface area contributed by atoms with Gasteiger partial charge in [-0.2, -0.15) is 0 Å². The van der Waals surface area contributed by atoms with Gasteiger partial charge in [-0.05, 0) is 24.3 Å². The molecule has 0 fully saturated rings. The second-order valence-corrected chi connectivity index (χ2v) is 6.05. The number of nitrogens with zero attached hydrogens (tertiary/aromatic N) is 2. The number of carbonyl (C=O) groups is 1. The van der Waals surface area contributed by atoms with Gasteiger partial charge in [-0.1, -0.05) is 19.1 Å². The van der Waals surface area contributed by atoms with Gasteiger partial charge in [0.15, 0.2) is 0 Å². The summed E-state index contributed by atoms with van der Waals surface area (Å²) < 4.78 is 1.17. The van der Waals surface area contributed by atoms with Crippen LogP contribution in [-0.4, -0.2) is 22.5 Å². The highest BCUT2D eigenvalue weighted by atomic mass is 32.1. The Kier molecular flexibility index (Phi) is 4.29. The van der Waals surface area contributed by atoms with Gasteiger partial charge in [-0.3, -0.25) is 4.98 Å². The van der Waals surface area contributed by atoms with Crippen LogP contribution in [0.2, 0.25) is 0 Å². The lowest BCUT2D eigenvalue weighted by Crippen LogP contribution is -2.31. The monoisotopic (exact) mass is 312 g/mol. The van der Waals surface area contributed by atoms with Gasteiger partial charge in [-0.15, -0.1) is 11.3 Å². The molecule has 2 heterocycles. The maximum atomic E-state index is 11.9. The number of para-hydroxylation sites is 1. The molecule has 0 saturated heterocycles.